The number of rotatable bonds is 8. The highest BCUT2D eigenvalue weighted by Gasteiger charge is 2.31. The summed E-state index contributed by atoms with van der Waals surface area (Å²) in [6.07, 6.45) is 0.0796. The summed E-state index contributed by atoms with van der Waals surface area (Å²) in [4.78, 5) is 27.1. The molecule has 2 aromatic carbocycles. The first-order valence-electron chi connectivity index (χ1n) is 11.5. The zero-order chi connectivity index (χ0) is 24.8. The van der Waals surface area contributed by atoms with E-state index in [1.165, 1.54) is 4.90 Å². The zero-order valence-electron chi connectivity index (χ0n) is 20.9. The number of phenols is 1. The van der Waals surface area contributed by atoms with Crippen LogP contribution in [0.4, 0.5) is 4.79 Å². The van der Waals surface area contributed by atoms with Gasteiger partial charge in [-0.2, -0.15) is 0 Å². The van der Waals surface area contributed by atoms with Gasteiger partial charge in [-0.15, -0.1) is 0 Å². The summed E-state index contributed by atoms with van der Waals surface area (Å²) in [6, 6.07) is 14.2. The molecule has 2 N–H and O–H groups in total. The Bertz CT molecular complexity index is 935. The van der Waals surface area contributed by atoms with E-state index in [2.05, 4.69) is 26.1 Å². The molecule has 0 saturated heterocycles. The number of aromatic hydroxyl groups is 1. The highest BCUT2D eigenvalue weighted by molar-refractivity contribution is 5.86. The molecule has 2 aromatic rings. The van der Waals surface area contributed by atoms with Crippen LogP contribution in [-0.4, -0.2) is 41.1 Å². The van der Waals surface area contributed by atoms with Gasteiger partial charge < -0.3 is 15.2 Å². The maximum atomic E-state index is 13.1. The first kappa shape index (κ1) is 26.2. The van der Waals surface area contributed by atoms with E-state index in [9.17, 15) is 14.7 Å². The average molecular weight is 455 g/mol. The van der Waals surface area contributed by atoms with E-state index in [0.717, 1.165) is 16.7 Å². The first-order valence-corrected chi connectivity index (χ1v) is 11.5. The molecule has 6 heteroatoms. The third-order valence-electron chi connectivity index (χ3n) is 5.61. The fraction of sp³-hybridized carbons (Fsp3) is 0.481. The van der Waals surface area contributed by atoms with E-state index in [1.807, 2.05) is 63.2 Å². The number of benzene rings is 2. The molecule has 0 spiro atoms. The second-order valence-corrected chi connectivity index (χ2v) is 10.1. The van der Waals surface area contributed by atoms with Gasteiger partial charge in [0.25, 0.3) is 0 Å². The number of carbonyl (C=O) groups excluding carboxylic acids is 2. The van der Waals surface area contributed by atoms with Crippen LogP contribution >= 0.6 is 0 Å². The van der Waals surface area contributed by atoms with Crippen LogP contribution in [0.15, 0.2) is 48.5 Å². The highest BCUT2D eigenvalue weighted by atomic mass is 16.6. The normalized spacial score (nSPS) is 13.3. The van der Waals surface area contributed by atoms with Crippen molar-refractivity contribution in [3.05, 3.63) is 65.2 Å². The fourth-order valence-corrected chi connectivity index (χ4v) is 3.90. The summed E-state index contributed by atoms with van der Waals surface area (Å²) in [5.74, 6) is -0.0300. The molecule has 2 unspecified atom stereocenters. The number of hydrogen-bond donors (Lipinski definition) is 2. The Morgan fingerprint density at radius 2 is 1.67 bits per heavy atom. The Morgan fingerprint density at radius 3 is 2.24 bits per heavy atom. The van der Waals surface area contributed by atoms with Gasteiger partial charge in [0.1, 0.15) is 18.4 Å². The average Bonchev–Trinajstić information content (AvgIpc) is 2.73. The molecule has 2 atom stereocenters. The smallest absolute Gasteiger partial charge is 0.410 e. The topological polar surface area (TPSA) is 78.9 Å². The first-order chi connectivity index (χ1) is 15.4. The number of nitrogens with zero attached hydrogens (tertiary/aromatic N) is 1. The predicted octanol–water partition coefficient (Wildman–Crippen LogP) is 5.03. The lowest BCUT2D eigenvalue weighted by Gasteiger charge is -2.30. The fourth-order valence-electron chi connectivity index (χ4n) is 3.90. The molecule has 0 bridgehead atoms. The quantitative estimate of drug-likeness (QED) is 0.586. The van der Waals surface area contributed by atoms with Crippen molar-refractivity contribution in [1.29, 1.82) is 0 Å². The lowest BCUT2D eigenvalue weighted by molar-refractivity contribution is -0.127. The van der Waals surface area contributed by atoms with Crippen LogP contribution in [0.25, 0.3) is 0 Å². The van der Waals surface area contributed by atoms with Crippen LogP contribution in [0.5, 0.6) is 5.75 Å². The minimum atomic E-state index is -0.652. The molecule has 0 aromatic heterocycles. The monoisotopic (exact) mass is 454 g/mol. The third kappa shape index (κ3) is 7.52. The summed E-state index contributed by atoms with van der Waals surface area (Å²) in [7, 11) is 1.60. The number of carbonyl (C=O) groups is 2. The van der Waals surface area contributed by atoms with Crippen molar-refractivity contribution in [2.45, 2.75) is 72.1 Å². The molecule has 0 saturated carbocycles. The van der Waals surface area contributed by atoms with Gasteiger partial charge in [0.05, 0.1) is 0 Å². The zero-order valence-corrected chi connectivity index (χ0v) is 20.9. The molecule has 0 radical (unpaired) electrons. The Kier molecular flexibility index (Phi) is 8.91. The van der Waals surface area contributed by atoms with Crippen LogP contribution in [0.3, 0.4) is 0 Å². The Balaban J connectivity index is 2.02. The van der Waals surface area contributed by atoms with Crippen molar-refractivity contribution in [3.63, 3.8) is 0 Å². The molecule has 6 nitrogen and oxygen atoms in total. The van der Waals surface area contributed by atoms with Gasteiger partial charge in [-0.3, -0.25) is 9.69 Å². The van der Waals surface area contributed by atoms with Gasteiger partial charge in [0.15, 0.2) is 0 Å². The van der Waals surface area contributed by atoms with Crippen LogP contribution in [0.2, 0.25) is 0 Å². The lowest BCUT2D eigenvalue weighted by atomic mass is 9.85. The molecule has 2 amide bonds. The molecule has 0 heterocycles. The van der Waals surface area contributed by atoms with Crippen molar-refractivity contribution in [2.75, 3.05) is 7.05 Å². The van der Waals surface area contributed by atoms with Crippen molar-refractivity contribution >= 4 is 12.0 Å². The summed E-state index contributed by atoms with van der Waals surface area (Å²) in [6.45, 7) is 12.1. The lowest BCUT2D eigenvalue weighted by Crippen LogP contribution is -2.52. The maximum absolute atomic E-state index is 13.1. The van der Waals surface area contributed by atoms with Crippen LogP contribution < -0.4 is 5.32 Å². The second kappa shape index (κ2) is 11.2. The highest BCUT2D eigenvalue weighted by Crippen LogP contribution is 2.31. The molecule has 2 rings (SSSR count). The van der Waals surface area contributed by atoms with Gasteiger partial charge in [-0.25, -0.2) is 4.79 Å². The van der Waals surface area contributed by atoms with Gasteiger partial charge in [-0.1, -0.05) is 77.1 Å². The van der Waals surface area contributed by atoms with Crippen LogP contribution in [-0.2, 0) is 28.0 Å². The number of amides is 2. The second-order valence-electron chi connectivity index (χ2n) is 10.1. The summed E-state index contributed by atoms with van der Waals surface area (Å²) in [5.41, 5.74) is 2.61. The molecular weight excluding hydrogens is 416 g/mol. The molecular formula is C27H38N2O4. The number of hydrogen-bond acceptors (Lipinski definition) is 4. The molecule has 0 aliphatic heterocycles. The molecule has 0 fully saturated rings. The van der Waals surface area contributed by atoms with Crippen LogP contribution in [0.1, 0.15) is 58.2 Å². The maximum Gasteiger partial charge on any atom is 0.410 e. The van der Waals surface area contributed by atoms with Crippen molar-refractivity contribution in [1.82, 2.24) is 10.2 Å². The number of nitrogens with one attached hydrogen (secondary N) is 1. The number of phenolic OH excluding ortho intramolecular Hbond substituents is 1. The predicted molar refractivity (Wildman–Crippen MR) is 131 cm³/mol. The summed E-state index contributed by atoms with van der Waals surface area (Å²) < 4.78 is 5.41. The van der Waals surface area contributed by atoms with E-state index in [0.29, 0.717) is 6.42 Å². The van der Waals surface area contributed by atoms with Crippen molar-refractivity contribution in [3.8, 4) is 5.75 Å². The van der Waals surface area contributed by atoms with Crippen molar-refractivity contribution < 1.29 is 19.4 Å². The SMILES string of the molecule is CC(Cc1ccc(O)c(C(C)(C)C)c1)NC(=O)C(C(C)C)N(C)C(=O)OCc1ccccc1. The van der Waals surface area contributed by atoms with Gasteiger partial charge >= 0.3 is 6.09 Å². The molecule has 0 aliphatic rings. The standard InChI is InChI=1S/C27H38N2O4/c1-18(2)24(29(7)26(32)33-17-20-11-9-8-10-12-20)25(31)28-19(3)15-21-13-14-23(30)22(16-21)27(4,5)6/h8-14,16,18-19,24,30H,15,17H2,1-7H3,(H,28,31). The van der Waals surface area contributed by atoms with Gasteiger partial charge in [0, 0.05) is 13.1 Å². The van der Waals surface area contributed by atoms with E-state index >= 15 is 0 Å². The van der Waals surface area contributed by atoms with Crippen molar-refractivity contribution in [2.24, 2.45) is 5.92 Å². The molecule has 180 valence electrons. The number of ether oxygens (including phenoxy) is 1. The molecule has 33 heavy (non-hydrogen) atoms. The Hall–Kier alpha value is -3.02. The summed E-state index contributed by atoms with van der Waals surface area (Å²) >= 11 is 0. The third-order valence-corrected chi connectivity index (χ3v) is 5.61. The van der Waals surface area contributed by atoms with E-state index in [4.69, 9.17) is 4.74 Å². The minimum absolute atomic E-state index is 0.0901. The Morgan fingerprint density at radius 1 is 1.03 bits per heavy atom. The van der Waals surface area contributed by atoms with E-state index < -0.39 is 12.1 Å². The minimum Gasteiger partial charge on any atom is -0.508 e. The van der Waals surface area contributed by atoms with Gasteiger partial charge in [-0.05, 0) is 47.4 Å². The Labute approximate surface area is 198 Å². The largest absolute Gasteiger partial charge is 0.508 e. The van der Waals surface area contributed by atoms with Gasteiger partial charge in [0.2, 0.25) is 5.91 Å². The molecule has 0 aliphatic carbocycles. The number of likely N-dealkylation sites (N-methyl/N-ethyl adjacent to an activating group) is 1. The summed E-state index contributed by atoms with van der Waals surface area (Å²) in [5, 5.41) is 13.2. The van der Waals surface area contributed by atoms with E-state index in [-0.39, 0.29) is 35.6 Å². The van der Waals surface area contributed by atoms with Crippen LogP contribution in [0, 0.1) is 5.92 Å². The van der Waals surface area contributed by atoms with E-state index in [1.54, 1.807) is 13.1 Å².